The van der Waals surface area contributed by atoms with Crippen molar-refractivity contribution in [3.05, 3.63) is 76.3 Å². The van der Waals surface area contributed by atoms with Crippen molar-refractivity contribution in [2.45, 2.75) is 19.9 Å². The van der Waals surface area contributed by atoms with E-state index in [9.17, 15) is 9.59 Å². The second-order valence-electron chi connectivity index (χ2n) is 6.13. The molecule has 0 atom stereocenters. The molecule has 0 unspecified atom stereocenters. The first-order valence-corrected chi connectivity index (χ1v) is 8.97. The second-order valence-corrected chi connectivity index (χ2v) is 6.13. The number of benzene rings is 2. The predicted molar refractivity (Wildman–Crippen MR) is 106 cm³/mol. The molecule has 144 valence electrons. The van der Waals surface area contributed by atoms with E-state index in [2.05, 4.69) is 10.1 Å². The van der Waals surface area contributed by atoms with Crippen molar-refractivity contribution in [3.63, 3.8) is 0 Å². The summed E-state index contributed by atoms with van der Waals surface area (Å²) in [5, 5.41) is 4.31. The Kier molecular flexibility index (Phi) is 6.51. The van der Waals surface area contributed by atoms with E-state index in [0.717, 1.165) is 5.56 Å². The van der Waals surface area contributed by atoms with Crippen molar-refractivity contribution in [3.8, 4) is 0 Å². The minimum absolute atomic E-state index is 0.0898. The third kappa shape index (κ3) is 5.03. The van der Waals surface area contributed by atoms with Gasteiger partial charge in [0.25, 0.3) is 5.56 Å². The monoisotopic (exact) mass is 379 g/mol. The van der Waals surface area contributed by atoms with Gasteiger partial charge in [-0.1, -0.05) is 47.6 Å². The highest BCUT2D eigenvalue weighted by Gasteiger charge is 2.08. The molecule has 0 fully saturated rings. The molecule has 7 heteroatoms. The average Bonchev–Trinajstić information content (AvgIpc) is 2.71. The average molecular weight is 379 g/mol. The Hall–Kier alpha value is -3.48. The summed E-state index contributed by atoms with van der Waals surface area (Å²) in [4.78, 5) is 33.6. The molecule has 0 aliphatic heterocycles. The summed E-state index contributed by atoms with van der Waals surface area (Å²) in [6.07, 6.45) is 2.02. The van der Waals surface area contributed by atoms with Crippen LogP contribution in [-0.4, -0.2) is 34.9 Å². The van der Waals surface area contributed by atoms with E-state index in [1.54, 1.807) is 17.6 Å². The van der Waals surface area contributed by atoms with Crippen LogP contribution >= 0.6 is 0 Å². The highest BCUT2D eigenvalue weighted by Crippen LogP contribution is 2.07. The molecular formula is C21H21N3O4. The summed E-state index contributed by atoms with van der Waals surface area (Å²) in [6.45, 7) is 2.13. The summed E-state index contributed by atoms with van der Waals surface area (Å²) in [5.41, 5.74) is 1.47. The first-order chi connectivity index (χ1) is 13.6. The van der Waals surface area contributed by atoms with Crippen molar-refractivity contribution in [1.82, 2.24) is 9.55 Å². The number of esters is 1. The van der Waals surface area contributed by atoms with Gasteiger partial charge in [0, 0.05) is 6.54 Å². The summed E-state index contributed by atoms with van der Waals surface area (Å²) >= 11 is 0. The smallest absolute Gasteiger partial charge is 0.347 e. The van der Waals surface area contributed by atoms with E-state index in [1.807, 2.05) is 48.5 Å². The zero-order chi connectivity index (χ0) is 19.8. The molecule has 0 radical (unpaired) electrons. The van der Waals surface area contributed by atoms with Gasteiger partial charge in [0.05, 0.1) is 23.7 Å². The quantitative estimate of drug-likeness (QED) is 0.260. The normalized spacial score (nSPS) is 11.0. The van der Waals surface area contributed by atoms with Crippen LogP contribution in [0.25, 0.3) is 10.9 Å². The molecule has 3 rings (SSSR count). The van der Waals surface area contributed by atoms with Gasteiger partial charge in [-0.2, -0.15) is 0 Å². The SMILES string of the molecule is Cc1nc2ccccc2c(=O)n1CCCOC(=O)CON=Cc1ccccc1. The van der Waals surface area contributed by atoms with Crippen LogP contribution in [0, 0.1) is 6.92 Å². The molecule has 7 nitrogen and oxygen atoms in total. The number of carbonyl (C=O) groups is 1. The lowest BCUT2D eigenvalue weighted by Crippen LogP contribution is -2.25. The predicted octanol–water partition coefficient (Wildman–Crippen LogP) is 2.69. The Morgan fingerprint density at radius 1 is 1.14 bits per heavy atom. The van der Waals surface area contributed by atoms with E-state index in [-0.39, 0.29) is 18.8 Å². The number of ether oxygens (including phenoxy) is 1. The topological polar surface area (TPSA) is 82.8 Å². The fraction of sp³-hybridized carbons (Fsp3) is 0.238. The molecule has 0 spiro atoms. The molecule has 0 saturated carbocycles. The highest BCUT2D eigenvalue weighted by molar-refractivity contribution is 5.79. The third-order valence-electron chi connectivity index (χ3n) is 4.10. The minimum atomic E-state index is -0.508. The highest BCUT2D eigenvalue weighted by atomic mass is 16.6. The van der Waals surface area contributed by atoms with Gasteiger partial charge in [-0.05, 0) is 31.0 Å². The number of oxime groups is 1. The Labute approximate surface area is 162 Å². The first-order valence-electron chi connectivity index (χ1n) is 8.97. The molecular weight excluding hydrogens is 358 g/mol. The van der Waals surface area contributed by atoms with Gasteiger partial charge in [-0.15, -0.1) is 0 Å². The molecule has 0 bridgehead atoms. The fourth-order valence-electron chi connectivity index (χ4n) is 2.72. The Balaban J connectivity index is 1.43. The van der Waals surface area contributed by atoms with Gasteiger partial charge in [0.15, 0.2) is 0 Å². The number of hydrogen-bond donors (Lipinski definition) is 0. The van der Waals surface area contributed by atoms with Crippen molar-refractivity contribution < 1.29 is 14.4 Å². The molecule has 0 aliphatic carbocycles. The van der Waals surface area contributed by atoms with Gasteiger partial charge < -0.3 is 9.57 Å². The lowest BCUT2D eigenvalue weighted by Gasteiger charge is -2.10. The number of rotatable bonds is 8. The molecule has 1 aromatic heterocycles. The largest absolute Gasteiger partial charge is 0.463 e. The summed E-state index contributed by atoms with van der Waals surface area (Å²) < 4.78 is 6.70. The second kappa shape index (κ2) is 9.45. The van der Waals surface area contributed by atoms with Gasteiger partial charge in [0.1, 0.15) is 5.82 Å². The zero-order valence-corrected chi connectivity index (χ0v) is 15.6. The van der Waals surface area contributed by atoms with Gasteiger partial charge in [-0.3, -0.25) is 9.36 Å². The van der Waals surface area contributed by atoms with Crippen LogP contribution in [0.4, 0.5) is 0 Å². The lowest BCUT2D eigenvalue weighted by molar-refractivity contribution is -0.149. The van der Waals surface area contributed by atoms with E-state index < -0.39 is 5.97 Å². The number of aromatic nitrogens is 2. The number of fused-ring (bicyclic) bond motifs is 1. The number of hydrogen-bond acceptors (Lipinski definition) is 6. The summed E-state index contributed by atoms with van der Waals surface area (Å²) in [6, 6.07) is 16.6. The molecule has 28 heavy (non-hydrogen) atoms. The van der Waals surface area contributed by atoms with Crippen LogP contribution in [0.1, 0.15) is 17.8 Å². The Morgan fingerprint density at radius 3 is 2.71 bits per heavy atom. The number of para-hydroxylation sites is 1. The van der Waals surface area contributed by atoms with Crippen molar-refractivity contribution in [1.29, 1.82) is 0 Å². The van der Waals surface area contributed by atoms with Crippen molar-refractivity contribution in [2.24, 2.45) is 5.16 Å². The van der Waals surface area contributed by atoms with Crippen LogP contribution in [0.5, 0.6) is 0 Å². The minimum Gasteiger partial charge on any atom is -0.463 e. The zero-order valence-electron chi connectivity index (χ0n) is 15.6. The molecule has 2 aromatic carbocycles. The third-order valence-corrected chi connectivity index (χ3v) is 4.10. The fourth-order valence-corrected chi connectivity index (χ4v) is 2.72. The Bertz CT molecular complexity index is 1030. The number of nitrogens with zero attached hydrogens (tertiary/aromatic N) is 3. The van der Waals surface area contributed by atoms with E-state index in [1.165, 1.54) is 6.21 Å². The van der Waals surface area contributed by atoms with Crippen LogP contribution in [0.2, 0.25) is 0 Å². The number of carbonyl (C=O) groups excluding carboxylic acids is 1. The van der Waals surface area contributed by atoms with E-state index in [0.29, 0.717) is 29.7 Å². The lowest BCUT2D eigenvalue weighted by atomic mass is 10.2. The maximum absolute atomic E-state index is 12.5. The molecule has 0 aliphatic rings. The number of aryl methyl sites for hydroxylation is 1. The molecule has 3 aromatic rings. The molecule has 0 amide bonds. The standard InChI is InChI=1S/C21H21N3O4/c1-16-23-19-11-6-5-10-18(19)21(26)24(16)12-7-13-27-20(25)15-28-22-14-17-8-3-2-4-9-17/h2-6,8-11,14H,7,12-13,15H2,1H3. The summed E-state index contributed by atoms with van der Waals surface area (Å²) in [7, 11) is 0. The van der Waals surface area contributed by atoms with Gasteiger partial charge >= 0.3 is 5.97 Å². The van der Waals surface area contributed by atoms with E-state index >= 15 is 0 Å². The van der Waals surface area contributed by atoms with Crippen molar-refractivity contribution in [2.75, 3.05) is 13.2 Å². The molecule has 0 N–H and O–H groups in total. The van der Waals surface area contributed by atoms with Crippen LogP contribution in [0.3, 0.4) is 0 Å². The van der Waals surface area contributed by atoms with Gasteiger partial charge in [0.2, 0.25) is 6.61 Å². The maximum Gasteiger partial charge on any atom is 0.347 e. The van der Waals surface area contributed by atoms with Gasteiger partial charge in [-0.25, -0.2) is 9.78 Å². The van der Waals surface area contributed by atoms with Crippen LogP contribution < -0.4 is 5.56 Å². The first kappa shape index (κ1) is 19.3. The van der Waals surface area contributed by atoms with Crippen LogP contribution in [-0.2, 0) is 20.9 Å². The molecule has 1 heterocycles. The van der Waals surface area contributed by atoms with Crippen LogP contribution in [0.15, 0.2) is 64.5 Å². The molecule has 0 saturated heterocycles. The van der Waals surface area contributed by atoms with Crippen molar-refractivity contribution >= 4 is 23.1 Å². The summed E-state index contributed by atoms with van der Waals surface area (Å²) in [5.74, 6) is 0.125. The Morgan fingerprint density at radius 2 is 1.89 bits per heavy atom. The van der Waals surface area contributed by atoms with E-state index in [4.69, 9.17) is 9.57 Å². The maximum atomic E-state index is 12.5.